The quantitative estimate of drug-likeness (QED) is 0.548. The first kappa shape index (κ1) is 18.9. The van der Waals surface area contributed by atoms with Gasteiger partial charge in [0.2, 0.25) is 5.91 Å². The SMILES string of the molecule is Cc1sc2ncn(CCC(=O)Nc3cnc(-c4ccccc4)nc3)c(=O)c2c1C. The molecule has 0 spiro atoms. The Morgan fingerprint density at radius 2 is 1.83 bits per heavy atom. The average molecular weight is 405 g/mol. The molecule has 0 saturated heterocycles. The van der Waals surface area contributed by atoms with Crippen molar-refractivity contribution in [2.24, 2.45) is 0 Å². The van der Waals surface area contributed by atoms with Gasteiger partial charge in [-0.15, -0.1) is 11.3 Å². The summed E-state index contributed by atoms with van der Waals surface area (Å²) in [5, 5.41) is 3.40. The Hall–Kier alpha value is -3.39. The fourth-order valence-electron chi connectivity index (χ4n) is 3.00. The van der Waals surface area contributed by atoms with Crippen molar-refractivity contribution in [2.75, 3.05) is 5.32 Å². The lowest BCUT2D eigenvalue weighted by molar-refractivity contribution is -0.116. The third kappa shape index (κ3) is 3.93. The van der Waals surface area contributed by atoms with Crippen LogP contribution < -0.4 is 10.9 Å². The number of nitrogens with zero attached hydrogens (tertiary/aromatic N) is 4. The Labute approximate surface area is 171 Å². The molecule has 0 fully saturated rings. The van der Waals surface area contributed by atoms with E-state index in [9.17, 15) is 9.59 Å². The van der Waals surface area contributed by atoms with Crippen molar-refractivity contribution in [3.63, 3.8) is 0 Å². The van der Waals surface area contributed by atoms with Crippen LogP contribution in [-0.2, 0) is 11.3 Å². The number of carbonyl (C=O) groups excluding carboxylic acids is 1. The van der Waals surface area contributed by atoms with Gasteiger partial charge < -0.3 is 5.32 Å². The van der Waals surface area contributed by atoms with Gasteiger partial charge in [-0.25, -0.2) is 15.0 Å². The zero-order chi connectivity index (χ0) is 20.4. The molecule has 4 aromatic rings. The summed E-state index contributed by atoms with van der Waals surface area (Å²) < 4.78 is 1.48. The van der Waals surface area contributed by atoms with Crippen LogP contribution in [0.5, 0.6) is 0 Å². The van der Waals surface area contributed by atoms with Crippen LogP contribution in [0.15, 0.2) is 53.8 Å². The molecule has 0 bridgehead atoms. The number of benzene rings is 1. The Balaban J connectivity index is 1.42. The molecule has 7 nitrogen and oxygen atoms in total. The third-order valence-electron chi connectivity index (χ3n) is 4.70. The summed E-state index contributed by atoms with van der Waals surface area (Å²) in [6, 6.07) is 9.61. The van der Waals surface area contributed by atoms with E-state index in [0.29, 0.717) is 16.9 Å². The van der Waals surface area contributed by atoms with Crippen molar-refractivity contribution < 1.29 is 4.79 Å². The van der Waals surface area contributed by atoms with Crippen LogP contribution in [0.4, 0.5) is 5.69 Å². The molecule has 1 aromatic carbocycles. The lowest BCUT2D eigenvalue weighted by Crippen LogP contribution is -2.23. The maximum absolute atomic E-state index is 12.7. The van der Waals surface area contributed by atoms with Crippen molar-refractivity contribution in [1.82, 2.24) is 19.5 Å². The molecule has 3 heterocycles. The van der Waals surface area contributed by atoms with Crippen molar-refractivity contribution >= 4 is 33.1 Å². The third-order valence-corrected chi connectivity index (χ3v) is 5.82. The second-order valence-electron chi connectivity index (χ2n) is 6.67. The second-order valence-corrected chi connectivity index (χ2v) is 7.87. The smallest absolute Gasteiger partial charge is 0.262 e. The number of carbonyl (C=O) groups is 1. The molecular weight excluding hydrogens is 386 g/mol. The minimum atomic E-state index is -0.216. The van der Waals surface area contributed by atoms with Crippen LogP contribution >= 0.6 is 11.3 Å². The van der Waals surface area contributed by atoms with Crippen molar-refractivity contribution in [2.45, 2.75) is 26.8 Å². The summed E-state index contributed by atoms with van der Waals surface area (Å²) in [6.07, 6.45) is 4.80. The van der Waals surface area contributed by atoms with Gasteiger partial charge >= 0.3 is 0 Å². The normalized spacial score (nSPS) is 11.0. The summed E-state index contributed by atoms with van der Waals surface area (Å²) in [5.74, 6) is 0.377. The van der Waals surface area contributed by atoms with Gasteiger partial charge in [0, 0.05) is 23.4 Å². The minimum Gasteiger partial charge on any atom is -0.323 e. The van der Waals surface area contributed by atoms with E-state index in [-0.39, 0.29) is 24.4 Å². The van der Waals surface area contributed by atoms with Gasteiger partial charge in [-0.2, -0.15) is 0 Å². The number of hydrogen-bond acceptors (Lipinski definition) is 6. The zero-order valence-corrected chi connectivity index (χ0v) is 16.9. The number of anilines is 1. The van der Waals surface area contributed by atoms with Crippen LogP contribution in [0.25, 0.3) is 21.6 Å². The van der Waals surface area contributed by atoms with E-state index < -0.39 is 0 Å². The highest BCUT2D eigenvalue weighted by Crippen LogP contribution is 2.25. The van der Waals surface area contributed by atoms with E-state index in [1.807, 2.05) is 44.2 Å². The maximum Gasteiger partial charge on any atom is 0.262 e. The molecule has 4 rings (SSSR count). The number of fused-ring (bicyclic) bond motifs is 1. The predicted octanol–water partition coefficient (Wildman–Crippen LogP) is 3.56. The lowest BCUT2D eigenvalue weighted by atomic mass is 10.2. The van der Waals surface area contributed by atoms with E-state index in [1.165, 1.54) is 22.2 Å². The molecule has 0 unspecified atom stereocenters. The Kier molecular flexibility index (Phi) is 5.18. The van der Waals surface area contributed by atoms with Crippen LogP contribution in [-0.4, -0.2) is 25.4 Å². The van der Waals surface area contributed by atoms with Crippen LogP contribution in [0.1, 0.15) is 16.9 Å². The average Bonchev–Trinajstić information content (AvgIpc) is 3.03. The van der Waals surface area contributed by atoms with Crippen molar-refractivity contribution in [3.05, 3.63) is 69.8 Å². The highest BCUT2D eigenvalue weighted by atomic mass is 32.1. The summed E-state index contributed by atoms with van der Waals surface area (Å²) in [5.41, 5.74) is 2.27. The summed E-state index contributed by atoms with van der Waals surface area (Å²) in [7, 11) is 0. The van der Waals surface area contributed by atoms with Crippen molar-refractivity contribution in [3.8, 4) is 11.4 Å². The molecular formula is C21H19N5O2S. The molecule has 3 aromatic heterocycles. The van der Waals surface area contributed by atoms with Gasteiger partial charge in [-0.05, 0) is 19.4 Å². The second kappa shape index (κ2) is 7.92. The molecule has 0 aliphatic heterocycles. The van der Waals surface area contributed by atoms with E-state index in [4.69, 9.17) is 0 Å². The van der Waals surface area contributed by atoms with Crippen LogP contribution in [0, 0.1) is 13.8 Å². The topological polar surface area (TPSA) is 89.8 Å². The number of rotatable bonds is 5. The molecule has 29 heavy (non-hydrogen) atoms. The first-order valence-electron chi connectivity index (χ1n) is 9.15. The van der Waals surface area contributed by atoms with Gasteiger partial charge in [0.25, 0.3) is 5.56 Å². The summed E-state index contributed by atoms with van der Waals surface area (Å²) >= 11 is 1.51. The predicted molar refractivity (Wildman–Crippen MR) is 114 cm³/mol. The van der Waals surface area contributed by atoms with Gasteiger partial charge in [0.1, 0.15) is 4.83 Å². The number of aromatic nitrogens is 4. The number of aryl methyl sites for hydroxylation is 3. The van der Waals surface area contributed by atoms with E-state index in [0.717, 1.165) is 20.8 Å². The molecule has 0 saturated carbocycles. The van der Waals surface area contributed by atoms with Crippen LogP contribution in [0.2, 0.25) is 0 Å². The van der Waals surface area contributed by atoms with Crippen LogP contribution in [0.3, 0.4) is 0 Å². The highest BCUT2D eigenvalue weighted by molar-refractivity contribution is 7.18. The summed E-state index contributed by atoms with van der Waals surface area (Å²) in [6.45, 7) is 4.16. The van der Waals surface area contributed by atoms with E-state index >= 15 is 0 Å². The molecule has 0 atom stereocenters. The van der Waals surface area contributed by atoms with E-state index in [1.54, 1.807) is 12.4 Å². The fourth-order valence-corrected chi connectivity index (χ4v) is 3.99. The molecule has 0 aliphatic rings. The Morgan fingerprint density at radius 1 is 1.10 bits per heavy atom. The minimum absolute atomic E-state index is 0.111. The maximum atomic E-state index is 12.7. The van der Waals surface area contributed by atoms with Gasteiger partial charge in [-0.3, -0.25) is 14.2 Å². The fraction of sp³-hybridized carbons (Fsp3) is 0.190. The van der Waals surface area contributed by atoms with E-state index in [2.05, 4.69) is 20.3 Å². The summed E-state index contributed by atoms with van der Waals surface area (Å²) in [4.78, 5) is 39.7. The van der Waals surface area contributed by atoms with Gasteiger partial charge in [0.15, 0.2) is 5.82 Å². The standard InChI is InChI=1S/C21H19N5O2S/c1-13-14(2)29-20-18(13)21(28)26(12-24-20)9-8-17(27)25-16-10-22-19(23-11-16)15-6-4-3-5-7-15/h3-7,10-12H,8-9H2,1-2H3,(H,25,27). The largest absolute Gasteiger partial charge is 0.323 e. The molecule has 1 amide bonds. The molecule has 8 heteroatoms. The first-order valence-corrected chi connectivity index (χ1v) is 9.97. The number of amides is 1. The Morgan fingerprint density at radius 3 is 2.55 bits per heavy atom. The molecule has 146 valence electrons. The first-order chi connectivity index (χ1) is 14.0. The molecule has 0 aliphatic carbocycles. The number of thiophene rings is 1. The van der Waals surface area contributed by atoms with Gasteiger partial charge in [0.05, 0.1) is 29.8 Å². The Bertz CT molecular complexity index is 1230. The number of nitrogens with one attached hydrogen (secondary N) is 1. The monoisotopic (exact) mass is 405 g/mol. The molecule has 0 radical (unpaired) electrons. The lowest BCUT2D eigenvalue weighted by Gasteiger charge is -2.07. The number of hydrogen-bond donors (Lipinski definition) is 1. The van der Waals surface area contributed by atoms with Crippen molar-refractivity contribution in [1.29, 1.82) is 0 Å². The zero-order valence-electron chi connectivity index (χ0n) is 16.0. The molecule has 1 N–H and O–H groups in total. The highest BCUT2D eigenvalue weighted by Gasteiger charge is 2.13. The van der Waals surface area contributed by atoms with Gasteiger partial charge in [-0.1, -0.05) is 30.3 Å².